The van der Waals surface area contributed by atoms with E-state index < -0.39 is 0 Å². The number of halogens is 1. The quantitative estimate of drug-likeness (QED) is 0.886. The lowest BCUT2D eigenvalue weighted by atomic mass is 10.1. The topological polar surface area (TPSA) is 12.0 Å². The molecule has 94 valence electrons. The summed E-state index contributed by atoms with van der Waals surface area (Å²) in [5.74, 6) is 0. The molecular weight excluding hydrogens is 262 g/mol. The van der Waals surface area contributed by atoms with Gasteiger partial charge in [0.2, 0.25) is 0 Å². The fourth-order valence-electron chi connectivity index (χ4n) is 2.68. The van der Waals surface area contributed by atoms with E-state index >= 15 is 0 Å². The van der Waals surface area contributed by atoms with E-state index in [4.69, 9.17) is 11.6 Å². The third kappa shape index (κ3) is 2.46. The van der Waals surface area contributed by atoms with Gasteiger partial charge in [-0.15, -0.1) is 0 Å². The summed E-state index contributed by atoms with van der Waals surface area (Å²) >= 11 is 7.80. The van der Waals surface area contributed by atoms with Crippen molar-refractivity contribution in [2.75, 3.05) is 0 Å². The predicted molar refractivity (Wildman–Crippen MR) is 78.5 cm³/mol. The Morgan fingerprint density at radius 2 is 2.11 bits per heavy atom. The summed E-state index contributed by atoms with van der Waals surface area (Å²) in [5, 5.41) is 8.91. The molecule has 1 nitrogen and oxygen atoms in total. The van der Waals surface area contributed by atoms with Crippen LogP contribution in [0, 0.1) is 0 Å². The number of rotatable bonds is 3. The van der Waals surface area contributed by atoms with Gasteiger partial charge in [0.15, 0.2) is 0 Å². The monoisotopic (exact) mass is 277 g/mol. The Bertz CT molecular complexity index is 535. The minimum atomic E-state index is 0.422. The molecule has 0 saturated carbocycles. The molecule has 2 unspecified atom stereocenters. The van der Waals surface area contributed by atoms with Crippen LogP contribution in [-0.4, -0.2) is 6.04 Å². The maximum Gasteiger partial charge on any atom is 0.0408 e. The van der Waals surface area contributed by atoms with E-state index in [-0.39, 0.29) is 0 Å². The highest BCUT2D eigenvalue weighted by Gasteiger charge is 2.23. The van der Waals surface area contributed by atoms with Gasteiger partial charge in [0.1, 0.15) is 0 Å². The van der Waals surface area contributed by atoms with Crippen LogP contribution in [0.25, 0.3) is 0 Å². The molecule has 0 aliphatic heterocycles. The molecule has 1 aromatic heterocycles. The number of hydrogen-bond donors (Lipinski definition) is 1. The highest BCUT2D eigenvalue weighted by atomic mass is 35.5. The van der Waals surface area contributed by atoms with Crippen molar-refractivity contribution in [3.05, 3.63) is 56.7 Å². The maximum absolute atomic E-state index is 6.04. The van der Waals surface area contributed by atoms with Crippen molar-refractivity contribution >= 4 is 22.9 Å². The molecule has 1 aliphatic carbocycles. The van der Waals surface area contributed by atoms with Gasteiger partial charge < -0.3 is 5.32 Å². The third-order valence-electron chi connectivity index (χ3n) is 3.63. The summed E-state index contributed by atoms with van der Waals surface area (Å²) in [5.41, 5.74) is 4.22. The van der Waals surface area contributed by atoms with Gasteiger partial charge in [-0.2, -0.15) is 11.3 Å². The van der Waals surface area contributed by atoms with Gasteiger partial charge in [-0.1, -0.05) is 17.7 Å². The first-order chi connectivity index (χ1) is 8.72. The molecule has 2 atom stereocenters. The van der Waals surface area contributed by atoms with Crippen molar-refractivity contribution in [3.8, 4) is 0 Å². The molecule has 0 amide bonds. The van der Waals surface area contributed by atoms with Gasteiger partial charge in [0, 0.05) is 17.1 Å². The Hall–Kier alpha value is -0.830. The number of benzene rings is 1. The second-order valence-electron chi connectivity index (χ2n) is 4.96. The van der Waals surface area contributed by atoms with E-state index in [9.17, 15) is 0 Å². The van der Waals surface area contributed by atoms with Crippen molar-refractivity contribution in [1.29, 1.82) is 0 Å². The van der Waals surface area contributed by atoms with Crippen LogP contribution >= 0.6 is 22.9 Å². The van der Waals surface area contributed by atoms with Crippen molar-refractivity contribution < 1.29 is 0 Å². The van der Waals surface area contributed by atoms with E-state index in [1.54, 1.807) is 11.3 Å². The number of thiophene rings is 1. The molecule has 0 radical (unpaired) electrons. The molecule has 1 aliphatic rings. The molecule has 1 heterocycles. The van der Waals surface area contributed by atoms with E-state index in [0.717, 1.165) is 17.9 Å². The molecule has 18 heavy (non-hydrogen) atoms. The second-order valence-corrected chi connectivity index (χ2v) is 6.18. The average molecular weight is 278 g/mol. The summed E-state index contributed by atoms with van der Waals surface area (Å²) in [6, 6.07) is 9.41. The Balaban J connectivity index is 1.67. The minimum Gasteiger partial charge on any atom is -0.307 e. The fraction of sp³-hybridized carbons (Fsp3) is 0.333. The molecule has 0 fully saturated rings. The molecule has 1 aromatic carbocycles. The standard InChI is InChI=1S/C15H16ClNS/c1-10(12-4-5-18-9-12)17-15-7-11-2-3-14(16)6-13(11)8-15/h2-6,9-10,15,17H,7-8H2,1H3. The predicted octanol–water partition coefficient (Wildman–Crippen LogP) is 4.22. The van der Waals surface area contributed by atoms with Gasteiger partial charge in [-0.05, 0) is 65.4 Å². The zero-order chi connectivity index (χ0) is 12.5. The van der Waals surface area contributed by atoms with Crippen LogP contribution in [0.5, 0.6) is 0 Å². The van der Waals surface area contributed by atoms with Crippen LogP contribution in [0.4, 0.5) is 0 Å². The Morgan fingerprint density at radius 1 is 1.28 bits per heavy atom. The molecule has 0 spiro atoms. The first-order valence-corrected chi connectivity index (χ1v) is 7.60. The SMILES string of the molecule is CC(NC1Cc2ccc(Cl)cc2C1)c1ccsc1. The summed E-state index contributed by atoms with van der Waals surface area (Å²) < 4.78 is 0. The number of fused-ring (bicyclic) bond motifs is 1. The summed E-state index contributed by atoms with van der Waals surface area (Å²) in [7, 11) is 0. The Kier molecular flexibility index (Phi) is 3.42. The van der Waals surface area contributed by atoms with Crippen molar-refractivity contribution in [1.82, 2.24) is 5.32 Å². The van der Waals surface area contributed by atoms with Gasteiger partial charge in [-0.25, -0.2) is 0 Å². The van der Waals surface area contributed by atoms with E-state index in [0.29, 0.717) is 12.1 Å². The molecule has 3 rings (SSSR count). The summed E-state index contributed by atoms with van der Waals surface area (Å²) in [4.78, 5) is 0. The van der Waals surface area contributed by atoms with Crippen molar-refractivity contribution in [2.45, 2.75) is 31.8 Å². The van der Waals surface area contributed by atoms with Crippen molar-refractivity contribution in [3.63, 3.8) is 0 Å². The van der Waals surface area contributed by atoms with Crippen LogP contribution in [0.1, 0.15) is 29.7 Å². The first-order valence-electron chi connectivity index (χ1n) is 6.28. The Labute approximate surface area is 117 Å². The van der Waals surface area contributed by atoms with Crippen LogP contribution in [0.3, 0.4) is 0 Å². The first kappa shape index (κ1) is 12.2. The van der Waals surface area contributed by atoms with Gasteiger partial charge in [-0.3, -0.25) is 0 Å². The maximum atomic E-state index is 6.04. The van der Waals surface area contributed by atoms with E-state index in [1.165, 1.54) is 16.7 Å². The van der Waals surface area contributed by atoms with Crippen molar-refractivity contribution in [2.24, 2.45) is 0 Å². The van der Waals surface area contributed by atoms with E-state index in [1.807, 2.05) is 6.07 Å². The normalized spacial score (nSPS) is 19.8. The lowest BCUT2D eigenvalue weighted by Crippen LogP contribution is -2.31. The van der Waals surface area contributed by atoms with E-state index in [2.05, 4.69) is 41.2 Å². The summed E-state index contributed by atoms with van der Waals surface area (Å²) in [6.07, 6.45) is 2.20. The molecule has 1 N–H and O–H groups in total. The third-order valence-corrected chi connectivity index (χ3v) is 4.57. The highest BCUT2D eigenvalue weighted by molar-refractivity contribution is 7.07. The number of hydrogen-bond acceptors (Lipinski definition) is 2. The van der Waals surface area contributed by atoms with Gasteiger partial charge in [0.05, 0.1) is 0 Å². The fourth-order valence-corrected chi connectivity index (χ4v) is 3.62. The Morgan fingerprint density at radius 3 is 2.89 bits per heavy atom. The molecule has 0 bridgehead atoms. The second kappa shape index (κ2) is 5.04. The molecule has 3 heteroatoms. The molecular formula is C15H16ClNS. The van der Waals surface area contributed by atoms with Crippen LogP contribution in [0.2, 0.25) is 5.02 Å². The minimum absolute atomic E-state index is 0.422. The summed E-state index contributed by atoms with van der Waals surface area (Å²) in [6.45, 7) is 2.23. The largest absolute Gasteiger partial charge is 0.307 e. The highest BCUT2D eigenvalue weighted by Crippen LogP contribution is 2.27. The smallest absolute Gasteiger partial charge is 0.0408 e. The zero-order valence-corrected chi connectivity index (χ0v) is 11.9. The zero-order valence-electron chi connectivity index (χ0n) is 10.3. The number of nitrogens with one attached hydrogen (secondary N) is 1. The van der Waals surface area contributed by atoms with Crippen LogP contribution in [0.15, 0.2) is 35.0 Å². The molecule has 0 saturated heterocycles. The van der Waals surface area contributed by atoms with Crippen LogP contribution < -0.4 is 5.32 Å². The van der Waals surface area contributed by atoms with Crippen LogP contribution in [-0.2, 0) is 12.8 Å². The lowest BCUT2D eigenvalue weighted by Gasteiger charge is -2.18. The van der Waals surface area contributed by atoms with Gasteiger partial charge >= 0.3 is 0 Å². The lowest BCUT2D eigenvalue weighted by molar-refractivity contribution is 0.468. The van der Waals surface area contributed by atoms with Gasteiger partial charge in [0.25, 0.3) is 0 Å². The molecule has 2 aromatic rings. The average Bonchev–Trinajstić information content (AvgIpc) is 2.95.